The molecule has 0 heterocycles. The Balaban J connectivity index is 2.86. The number of hydrogen-bond donors (Lipinski definition) is 1. The van der Waals surface area contributed by atoms with Gasteiger partial charge >= 0.3 is 11.8 Å². The van der Waals surface area contributed by atoms with Crippen molar-refractivity contribution in [3.8, 4) is 0 Å². The van der Waals surface area contributed by atoms with E-state index in [2.05, 4.69) is 0 Å². The van der Waals surface area contributed by atoms with Crippen molar-refractivity contribution in [3.63, 3.8) is 0 Å². The largest absolute Gasteiger partial charge is 0.357 e. The Labute approximate surface area is 135 Å². The number of hydrogen-bond acceptors (Lipinski definition) is 2. The highest BCUT2D eigenvalue weighted by Gasteiger charge is 2.80. The van der Waals surface area contributed by atoms with E-state index < -0.39 is 41.2 Å². The second-order valence-electron chi connectivity index (χ2n) is 6.23. The highest BCUT2D eigenvalue weighted by atomic mass is 31.2. The lowest BCUT2D eigenvalue weighted by Crippen LogP contribution is -2.64. The molecule has 1 aromatic carbocycles. The van der Waals surface area contributed by atoms with Crippen LogP contribution in [0.25, 0.3) is 0 Å². The molecule has 0 amide bonds. The van der Waals surface area contributed by atoms with Gasteiger partial charge < -0.3 is 10.3 Å². The van der Waals surface area contributed by atoms with Gasteiger partial charge in [0, 0.05) is 5.30 Å². The molecule has 9 heteroatoms. The number of benzene rings is 1. The molecule has 2 N–H and O–H groups in total. The molecule has 1 aromatic rings. The number of allylic oxidation sites excluding steroid dienone is 2. The molecule has 24 heavy (non-hydrogen) atoms. The fourth-order valence-electron chi connectivity index (χ4n) is 2.73. The molecule has 0 saturated heterocycles. The quantitative estimate of drug-likeness (QED) is 0.491. The molecule has 1 aliphatic rings. The second kappa shape index (κ2) is 5.36. The molecule has 3 atom stereocenters. The van der Waals surface area contributed by atoms with Crippen LogP contribution in [0.3, 0.4) is 0 Å². The van der Waals surface area contributed by atoms with Crippen molar-refractivity contribution in [2.75, 3.05) is 0 Å². The van der Waals surface area contributed by atoms with E-state index >= 15 is 4.39 Å². The first-order chi connectivity index (χ1) is 10.7. The normalized spacial score (nSPS) is 31.5. The van der Waals surface area contributed by atoms with Gasteiger partial charge in [-0.25, -0.2) is 8.78 Å². The standard InChI is InChI=1S/C15H16F6NOP/c1-12(2,22)24(23,10-6-4-3-5-7-10)13(17)9-8-11(16)14(18,19)15(13,20)21/h3-9,11H,22H2,1-2H3. The Morgan fingerprint density at radius 1 is 1.08 bits per heavy atom. The summed E-state index contributed by atoms with van der Waals surface area (Å²) in [5.41, 5.74) is 5.70. The molecule has 0 saturated carbocycles. The van der Waals surface area contributed by atoms with Gasteiger partial charge in [-0.05, 0) is 26.0 Å². The summed E-state index contributed by atoms with van der Waals surface area (Å²) in [4.78, 5) is 0. The van der Waals surface area contributed by atoms with Crippen molar-refractivity contribution < 1.29 is 30.9 Å². The molecule has 3 unspecified atom stereocenters. The van der Waals surface area contributed by atoms with Crippen LogP contribution >= 0.6 is 7.14 Å². The van der Waals surface area contributed by atoms with E-state index in [1.165, 1.54) is 18.2 Å². The van der Waals surface area contributed by atoms with Gasteiger partial charge in [-0.1, -0.05) is 30.3 Å². The summed E-state index contributed by atoms with van der Waals surface area (Å²) in [6, 6.07) is 6.17. The van der Waals surface area contributed by atoms with Crippen LogP contribution < -0.4 is 11.0 Å². The van der Waals surface area contributed by atoms with Crippen molar-refractivity contribution in [3.05, 3.63) is 42.5 Å². The minimum atomic E-state index is -5.56. The molecule has 2 rings (SSSR count). The molecule has 0 spiro atoms. The van der Waals surface area contributed by atoms with Crippen LogP contribution in [0.2, 0.25) is 0 Å². The Morgan fingerprint density at radius 3 is 2.04 bits per heavy atom. The Morgan fingerprint density at radius 2 is 1.58 bits per heavy atom. The van der Waals surface area contributed by atoms with Gasteiger partial charge in [0.25, 0.3) is 5.41 Å². The average Bonchev–Trinajstić information content (AvgIpc) is 2.49. The summed E-state index contributed by atoms with van der Waals surface area (Å²) in [7, 11) is -5.04. The Hall–Kier alpha value is -1.27. The fraction of sp³-hybridized carbons (Fsp3) is 0.467. The first-order valence-electron chi connectivity index (χ1n) is 6.96. The zero-order chi connectivity index (χ0) is 18.6. The van der Waals surface area contributed by atoms with Crippen LogP contribution in [0.1, 0.15) is 13.8 Å². The van der Waals surface area contributed by atoms with Crippen molar-refractivity contribution in [2.45, 2.75) is 42.6 Å². The summed E-state index contributed by atoms with van der Waals surface area (Å²) in [6.45, 7) is 2.01. The predicted octanol–water partition coefficient (Wildman–Crippen LogP) is 4.21. The molecule has 0 aliphatic heterocycles. The van der Waals surface area contributed by atoms with Crippen LogP contribution in [0.5, 0.6) is 0 Å². The fourth-order valence-corrected chi connectivity index (χ4v) is 6.04. The van der Waals surface area contributed by atoms with Crippen molar-refractivity contribution in [2.24, 2.45) is 5.73 Å². The van der Waals surface area contributed by atoms with E-state index in [9.17, 15) is 26.5 Å². The summed E-state index contributed by atoms with van der Waals surface area (Å²) < 4.78 is 98.3. The highest BCUT2D eigenvalue weighted by molar-refractivity contribution is 7.74. The summed E-state index contributed by atoms with van der Waals surface area (Å²) in [6.07, 6.45) is -3.50. The smallest absolute Gasteiger partial charge is 0.319 e. The Kier molecular flexibility index (Phi) is 4.26. The molecule has 134 valence electrons. The van der Waals surface area contributed by atoms with Gasteiger partial charge in [-0.3, -0.25) is 0 Å². The van der Waals surface area contributed by atoms with Crippen molar-refractivity contribution >= 4 is 12.4 Å². The Bertz CT molecular complexity index is 700. The van der Waals surface area contributed by atoms with E-state index in [-0.39, 0.29) is 12.2 Å². The zero-order valence-corrected chi connectivity index (χ0v) is 13.7. The number of nitrogens with two attached hydrogens (primary N) is 1. The lowest BCUT2D eigenvalue weighted by Gasteiger charge is -2.47. The first-order valence-corrected chi connectivity index (χ1v) is 8.67. The SMILES string of the molecule is CC(C)(N)P(=O)(c1ccccc1)C1(F)C=CC(F)C(F)(F)C1(F)F. The van der Waals surface area contributed by atoms with E-state index in [1.807, 2.05) is 0 Å². The van der Waals surface area contributed by atoms with Crippen LogP contribution in [0.15, 0.2) is 42.5 Å². The molecule has 1 aliphatic carbocycles. The zero-order valence-electron chi connectivity index (χ0n) is 12.8. The van der Waals surface area contributed by atoms with Crippen LogP contribution in [-0.4, -0.2) is 28.7 Å². The van der Waals surface area contributed by atoms with E-state index in [0.29, 0.717) is 0 Å². The molecule has 2 nitrogen and oxygen atoms in total. The number of halogens is 6. The van der Waals surface area contributed by atoms with Crippen LogP contribution in [-0.2, 0) is 4.57 Å². The monoisotopic (exact) mass is 371 g/mol. The molecule has 0 radical (unpaired) electrons. The van der Waals surface area contributed by atoms with Crippen LogP contribution in [0.4, 0.5) is 26.3 Å². The minimum absolute atomic E-state index is 0.0290. The van der Waals surface area contributed by atoms with Gasteiger partial charge in [0.15, 0.2) is 13.3 Å². The van der Waals surface area contributed by atoms with Crippen molar-refractivity contribution in [1.29, 1.82) is 0 Å². The van der Waals surface area contributed by atoms with Gasteiger partial charge in [0.2, 0.25) is 0 Å². The van der Waals surface area contributed by atoms with E-state index in [0.717, 1.165) is 26.0 Å². The third-order valence-corrected chi connectivity index (χ3v) is 8.08. The maximum atomic E-state index is 15.4. The maximum Gasteiger partial charge on any atom is 0.357 e. The lowest BCUT2D eigenvalue weighted by atomic mass is 9.95. The lowest BCUT2D eigenvalue weighted by molar-refractivity contribution is -0.264. The van der Waals surface area contributed by atoms with Gasteiger partial charge in [-0.15, -0.1) is 0 Å². The van der Waals surface area contributed by atoms with Gasteiger partial charge in [0.05, 0.1) is 5.28 Å². The molecule has 0 aromatic heterocycles. The molecular formula is C15H16F6NOP. The number of rotatable bonds is 3. The van der Waals surface area contributed by atoms with Crippen LogP contribution in [0, 0.1) is 0 Å². The summed E-state index contributed by atoms with van der Waals surface area (Å²) in [5.74, 6) is -10.9. The first kappa shape index (κ1) is 19.1. The molecular weight excluding hydrogens is 355 g/mol. The van der Waals surface area contributed by atoms with Gasteiger partial charge in [-0.2, -0.15) is 17.6 Å². The summed E-state index contributed by atoms with van der Waals surface area (Å²) in [5, 5.41) is -6.89. The summed E-state index contributed by atoms with van der Waals surface area (Å²) >= 11 is 0. The topological polar surface area (TPSA) is 43.1 Å². The van der Waals surface area contributed by atoms with E-state index in [4.69, 9.17) is 5.73 Å². The van der Waals surface area contributed by atoms with E-state index in [1.54, 1.807) is 0 Å². The van der Waals surface area contributed by atoms with Gasteiger partial charge in [0.1, 0.15) is 0 Å². The molecule has 0 fully saturated rings. The molecule has 0 bridgehead atoms. The minimum Gasteiger partial charge on any atom is -0.319 e. The third-order valence-electron chi connectivity index (χ3n) is 4.08. The maximum absolute atomic E-state index is 15.4. The highest BCUT2D eigenvalue weighted by Crippen LogP contribution is 2.73. The second-order valence-corrected chi connectivity index (χ2v) is 9.77. The predicted molar refractivity (Wildman–Crippen MR) is 79.7 cm³/mol. The third kappa shape index (κ3) is 2.19. The van der Waals surface area contributed by atoms with Crippen molar-refractivity contribution in [1.82, 2.24) is 0 Å². The number of alkyl halides is 6. The average molecular weight is 371 g/mol.